The van der Waals surface area contributed by atoms with E-state index in [4.69, 9.17) is 5.11 Å². The summed E-state index contributed by atoms with van der Waals surface area (Å²) in [6.45, 7) is 0.106. The molecule has 1 N–H and O–H groups in total. The van der Waals surface area contributed by atoms with Crippen LogP contribution in [0.1, 0.15) is 29.5 Å². The summed E-state index contributed by atoms with van der Waals surface area (Å²) in [6.07, 6.45) is -8.61. The zero-order valence-corrected chi connectivity index (χ0v) is 13.1. The van der Waals surface area contributed by atoms with Gasteiger partial charge in [-0.3, -0.25) is 4.79 Å². The molecule has 1 atom stereocenters. The highest BCUT2D eigenvalue weighted by Crippen LogP contribution is 2.42. The lowest BCUT2D eigenvalue weighted by atomic mass is 9.99. The summed E-state index contributed by atoms with van der Waals surface area (Å²) in [4.78, 5) is 24.0. The van der Waals surface area contributed by atoms with Crippen molar-refractivity contribution in [1.29, 1.82) is 0 Å². The third-order valence-electron chi connectivity index (χ3n) is 3.91. The van der Waals surface area contributed by atoms with Gasteiger partial charge in [-0.15, -0.1) is 0 Å². The summed E-state index contributed by atoms with van der Waals surface area (Å²) in [5.74, 6) is -2.13. The fourth-order valence-electron chi connectivity index (χ4n) is 2.81. The molecule has 0 bridgehead atoms. The molecule has 0 aromatic heterocycles. The number of carbonyl (C=O) groups excluding carboxylic acids is 1. The van der Waals surface area contributed by atoms with E-state index >= 15 is 0 Å². The largest absolute Gasteiger partial charge is 0.480 e. The van der Waals surface area contributed by atoms with E-state index in [1.807, 2.05) is 0 Å². The highest BCUT2D eigenvalue weighted by molar-refractivity contribution is 5.95. The second kappa shape index (κ2) is 7.00. The van der Waals surface area contributed by atoms with Crippen LogP contribution >= 0.6 is 0 Å². The normalized spacial score (nSPS) is 18.5. The van der Waals surface area contributed by atoms with Crippen LogP contribution in [0.5, 0.6) is 0 Å². The third-order valence-corrected chi connectivity index (χ3v) is 3.91. The first kappa shape index (κ1) is 19.8. The van der Waals surface area contributed by atoms with Crippen LogP contribution in [-0.4, -0.2) is 34.5 Å². The maximum absolute atomic E-state index is 13.1. The summed E-state index contributed by atoms with van der Waals surface area (Å²) < 4.78 is 78.0. The van der Waals surface area contributed by atoms with E-state index in [0.29, 0.717) is 24.6 Å². The van der Waals surface area contributed by atoms with Gasteiger partial charge in [0.15, 0.2) is 0 Å². The molecule has 1 aliphatic rings. The fraction of sp³-hybridized carbons (Fsp3) is 0.375. The van der Waals surface area contributed by atoms with Crippen molar-refractivity contribution < 1.29 is 41.0 Å². The Hall–Kier alpha value is -2.52. The number of hydrogen-bond acceptors (Lipinski definition) is 2. The highest BCUT2D eigenvalue weighted by atomic mass is 19.4. The topological polar surface area (TPSA) is 57.6 Å². The van der Waals surface area contributed by atoms with Crippen LogP contribution in [0.3, 0.4) is 0 Å². The van der Waals surface area contributed by atoms with E-state index in [1.54, 1.807) is 0 Å². The van der Waals surface area contributed by atoms with Crippen LogP contribution < -0.4 is 0 Å². The van der Waals surface area contributed by atoms with Crippen molar-refractivity contribution in [1.82, 2.24) is 4.90 Å². The van der Waals surface area contributed by atoms with Crippen LogP contribution in [-0.2, 0) is 21.9 Å². The Morgan fingerprint density at radius 2 is 1.77 bits per heavy atom. The number of halogens is 6. The first-order valence-corrected chi connectivity index (χ1v) is 7.42. The molecule has 0 saturated carbocycles. The van der Waals surface area contributed by atoms with Gasteiger partial charge in [0.05, 0.1) is 11.1 Å². The van der Waals surface area contributed by atoms with Gasteiger partial charge >= 0.3 is 18.3 Å². The summed E-state index contributed by atoms with van der Waals surface area (Å²) >= 11 is 0. The number of aliphatic carboxylic acids is 1. The quantitative estimate of drug-likeness (QED) is 0.640. The lowest BCUT2D eigenvalue weighted by Crippen LogP contribution is -2.39. The Morgan fingerprint density at radius 1 is 1.12 bits per heavy atom. The van der Waals surface area contributed by atoms with Crippen molar-refractivity contribution in [3.05, 3.63) is 41.0 Å². The first-order chi connectivity index (χ1) is 11.9. The SMILES string of the molecule is O=C(O)C1CCCN1C(=O)/C=C/c1cccc(C(F)(F)F)c1C(F)(F)F. The zero-order chi connectivity index (χ0) is 19.7. The molecule has 1 unspecified atom stereocenters. The monoisotopic (exact) mass is 381 g/mol. The van der Waals surface area contributed by atoms with Crippen LogP contribution in [0.15, 0.2) is 24.3 Å². The second-order valence-electron chi connectivity index (χ2n) is 5.63. The number of nitrogens with zero attached hydrogens (tertiary/aromatic N) is 1. The summed E-state index contributed by atoms with van der Waals surface area (Å²) in [5.41, 5.74) is -4.58. The predicted octanol–water partition coefficient (Wildman–Crippen LogP) is 3.81. The molecule has 4 nitrogen and oxygen atoms in total. The molecule has 0 spiro atoms. The molecule has 1 amide bonds. The number of carboxylic acids is 1. The fourth-order valence-corrected chi connectivity index (χ4v) is 2.81. The van der Waals surface area contributed by atoms with Gasteiger partial charge in [-0.05, 0) is 30.5 Å². The molecule has 10 heteroatoms. The van der Waals surface area contributed by atoms with Crippen molar-refractivity contribution in [2.24, 2.45) is 0 Å². The molecular weight excluding hydrogens is 368 g/mol. The predicted molar refractivity (Wildman–Crippen MR) is 77.9 cm³/mol. The Kier molecular flexibility index (Phi) is 5.33. The van der Waals surface area contributed by atoms with Gasteiger partial charge in [0.25, 0.3) is 0 Å². The number of rotatable bonds is 3. The molecule has 0 radical (unpaired) electrons. The molecule has 1 heterocycles. The summed E-state index contributed by atoms with van der Waals surface area (Å²) in [7, 11) is 0. The first-order valence-electron chi connectivity index (χ1n) is 7.42. The summed E-state index contributed by atoms with van der Waals surface area (Å²) in [6, 6.07) is 0.817. The second-order valence-corrected chi connectivity index (χ2v) is 5.63. The van der Waals surface area contributed by atoms with Crippen LogP contribution in [0.25, 0.3) is 6.08 Å². The van der Waals surface area contributed by atoms with Crippen LogP contribution in [0, 0.1) is 0 Å². The zero-order valence-electron chi connectivity index (χ0n) is 13.1. The third kappa shape index (κ3) is 4.17. The minimum atomic E-state index is -5.29. The van der Waals surface area contributed by atoms with Crippen molar-refractivity contribution in [3.8, 4) is 0 Å². The number of alkyl halides is 6. The van der Waals surface area contributed by atoms with Crippen LogP contribution in [0.4, 0.5) is 26.3 Å². The van der Waals surface area contributed by atoms with Crippen molar-refractivity contribution in [3.63, 3.8) is 0 Å². The maximum atomic E-state index is 13.1. The molecule has 1 aliphatic heterocycles. The molecule has 1 aromatic carbocycles. The number of hydrogen-bond donors (Lipinski definition) is 1. The van der Waals surface area contributed by atoms with Gasteiger partial charge in [0.1, 0.15) is 6.04 Å². The molecule has 2 rings (SSSR count). The Morgan fingerprint density at radius 3 is 2.31 bits per heavy atom. The smallest absolute Gasteiger partial charge is 0.417 e. The Labute approximate surface area is 143 Å². The highest BCUT2D eigenvalue weighted by Gasteiger charge is 2.44. The van der Waals surface area contributed by atoms with E-state index in [1.165, 1.54) is 0 Å². The molecule has 1 aromatic rings. The van der Waals surface area contributed by atoms with Gasteiger partial charge in [0, 0.05) is 12.6 Å². The molecule has 0 aliphatic carbocycles. The van der Waals surface area contributed by atoms with Gasteiger partial charge in [0.2, 0.25) is 5.91 Å². The van der Waals surface area contributed by atoms with E-state index in [9.17, 15) is 35.9 Å². The van der Waals surface area contributed by atoms with Crippen molar-refractivity contribution in [2.45, 2.75) is 31.2 Å². The van der Waals surface area contributed by atoms with E-state index in [-0.39, 0.29) is 13.0 Å². The standard InChI is InChI=1S/C16H13F6NO3/c17-15(18,19)10-4-1-3-9(13(10)16(20,21)22)6-7-12(24)23-8-2-5-11(23)14(25)26/h1,3-4,6-7,11H,2,5,8H2,(H,25,26)/b7-6+. The number of likely N-dealkylation sites (tertiary alicyclic amines) is 1. The summed E-state index contributed by atoms with van der Waals surface area (Å²) in [5, 5.41) is 9.00. The van der Waals surface area contributed by atoms with Crippen LogP contribution in [0.2, 0.25) is 0 Å². The lowest BCUT2D eigenvalue weighted by Gasteiger charge is -2.20. The van der Waals surface area contributed by atoms with Gasteiger partial charge in [-0.1, -0.05) is 12.1 Å². The Balaban J connectivity index is 2.39. The van der Waals surface area contributed by atoms with Gasteiger partial charge in [-0.25, -0.2) is 4.79 Å². The van der Waals surface area contributed by atoms with Gasteiger partial charge < -0.3 is 10.0 Å². The average Bonchev–Trinajstić information content (AvgIpc) is 3.00. The molecule has 142 valence electrons. The molecular formula is C16H13F6NO3. The molecule has 26 heavy (non-hydrogen) atoms. The van der Waals surface area contributed by atoms with E-state index < -0.39 is 47.0 Å². The van der Waals surface area contributed by atoms with Crippen molar-refractivity contribution in [2.75, 3.05) is 6.54 Å². The number of benzene rings is 1. The molecule has 1 fully saturated rings. The van der Waals surface area contributed by atoms with E-state index in [0.717, 1.165) is 17.0 Å². The number of amides is 1. The lowest BCUT2D eigenvalue weighted by molar-refractivity contribution is -0.162. The van der Waals surface area contributed by atoms with E-state index in [2.05, 4.69) is 0 Å². The van der Waals surface area contributed by atoms with Crippen molar-refractivity contribution >= 4 is 18.0 Å². The maximum Gasteiger partial charge on any atom is 0.417 e. The minimum Gasteiger partial charge on any atom is -0.480 e. The minimum absolute atomic E-state index is 0.106. The number of carbonyl (C=O) groups is 2. The number of carboxylic acid groups (broad SMARTS) is 1. The Bertz CT molecular complexity index is 738. The average molecular weight is 381 g/mol. The van der Waals surface area contributed by atoms with Gasteiger partial charge in [-0.2, -0.15) is 26.3 Å². The molecule has 1 saturated heterocycles.